The van der Waals surface area contributed by atoms with Gasteiger partial charge in [-0.25, -0.2) is 0 Å². The van der Waals surface area contributed by atoms with Crippen LogP contribution in [0.1, 0.15) is 0 Å². The summed E-state index contributed by atoms with van der Waals surface area (Å²) in [4.78, 5) is 19.9. The molecule has 13 heteroatoms. The van der Waals surface area contributed by atoms with Gasteiger partial charge in [0.2, 0.25) is 0 Å². The predicted molar refractivity (Wildman–Crippen MR) is 41.4 cm³/mol. The molecule has 0 bridgehead atoms. The number of carbonyl (C=O) groups excluding carboxylic acids is 2. The molecular weight excluding hydrogens is 342 g/mol. The van der Waals surface area contributed by atoms with E-state index in [0.29, 0.717) is 0 Å². The summed E-state index contributed by atoms with van der Waals surface area (Å²) in [5, 5.41) is -3.64. The lowest BCUT2D eigenvalue weighted by Gasteiger charge is -2.43. The smallest absolute Gasteiger partial charge is 0.297 e. The van der Waals surface area contributed by atoms with E-state index < -0.39 is 41.1 Å². The summed E-state index contributed by atoms with van der Waals surface area (Å²) in [7, 11) is 0. The van der Waals surface area contributed by atoms with Crippen LogP contribution in [-0.2, 0) is 9.59 Å². The van der Waals surface area contributed by atoms with Crippen LogP contribution in [0.5, 0.6) is 0 Å². The minimum Gasteiger partial charge on any atom is -0.297 e. The van der Waals surface area contributed by atoms with Gasteiger partial charge in [-0.3, -0.25) is 9.59 Å². The van der Waals surface area contributed by atoms with Crippen molar-refractivity contribution < 1.29 is 53.5 Å². The Kier molecular flexibility index (Phi) is 4.49. The number of aldehydes is 1. The Morgan fingerprint density at radius 2 is 1.10 bits per heavy atom. The van der Waals surface area contributed by atoms with Crippen LogP contribution in [-0.4, -0.2) is 35.7 Å². The highest BCUT2D eigenvalue weighted by Gasteiger charge is 2.93. The van der Waals surface area contributed by atoms with Gasteiger partial charge in [0.25, 0.3) is 5.24 Å². The van der Waals surface area contributed by atoms with Crippen molar-refractivity contribution in [1.29, 1.82) is 0 Å². The van der Waals surface area contributed by atoms with Gasteiger partial charge in [-0.2, -0.15) is 43.9 Å². The third-order valence-corrected chi connectivity index (χ3v) is 2.45. The van der Waals surface area contributed by atoms with E-state index in [0.717, 1.165) is 0 Å². The topological polar surface area (TPSA) is 34.1 Å². The van der Waals surface area contributed by atoms with Crippen LogP contribution in [0.2, 0.25) is 0 Å². The molecule has 0 rings (SSSR count). The van der Waals surface area contributed by atoms with Crippen molar-refractivity contribution in [2.75, 3.05) is 0 Å². The number of rotatable bonds is 4. The summed E-state index contributed by atoms with van der Waals surface area (Å²) >= 11 is 3.89. The third kappa shape index (κ3) is 2.23. The minimum atomic E-state index is -7.41. The molecule has 0 saturated carbocycles. The van der Waals surface area contributed by atoms with Crippen LogP contribution in [0.15, 0.2) is 0 Å². The Hall–Kier alpha value is -1.07. The van der Waals surface area contributed by atoms with Crippen molar-refractivity contribution in [1.82, 2.24) is 0 Å². The van der Waals surface area contributed by atoms with Crippen LogP contribution in [0.25, 0.3) is 0 Å². The fourth-order valence-electron chi connectivity index (χ4n) is 1.34. The Bertz CT molecular complexity index is 395. The van der Waals surface area contributed by atoms with Gasteiger partial charge < -0.3 is 0 Å². The second-order valence-electron chi connectivity index (χ2n) is 3.33. The molecule has 0 aromatic rings. The van der Waals surface area contributed by atoms with E-state index in [-0.39, 0.29) is 0 Å². The standard InChI is InChI=1S/C7HClF10O2/c8-2(20)4(11,12)5(6(13,14)15,7(16,17)18)3(9,10)1-19/h1H. The normalized spacial score (nSPS) is 15.2. The van der Waals surface area contributed by atoms with Crippen molar-refractivity contribution in [2.24, 2.45) is 5.41 Å². The molecular formula is C7HClF10O2. The van der Waals surface area contributed by atoms with Crippen molar-refractivity contribution in [2.45, 2.75) is 24.2 Å². The first-order valence-corrected chi connectivity index (χ1v) is 4.44. The largest absolute Gasteiger partial charge is 0.416 e. The fraction of sp³-hybridized carbons (Fsp3) is 0.714. The zero-order valence-corrected chi connectivity index (χ0v) is 9.31. The molecule has 0 aliphatic carbocycles. The molecule has 0 atom stereocenters. The zero-order chi connectivity index (χ0) is 16.8. The van der Waals surface area contributed by atoms with Gasteiger partial charge in [-0.05, 0) is 11.6 Å². The predicted octanol–water partition coefficient (Wildman–Crippen LogP) is 3.33. The van der Waals surface area contributed by atoms with Gasteiger partial charge in [0, 0.05) is 0 Å². The minimum absolute atomic E-state index is 2.28. The SMILES string of the molecule is O=CC(F)(F)C(C(F)(F)F)(C(F)(F)F)C(F)(F)C(=O)Cl. The number of hydrogen-bond donors (Lipinski definition) is 0. The molecule has 118 valence electrons. The number of alkyl halides is 10. The lowest BCUT2D eigenvalue weighted by atomic mass is 9.74. The first kappa shape index (κ1) is 18.9. The molecule has 0 amide bonds. The molecule has 0 fully saturated rings. The molecule has 0 aromatic heterocycles. The van der Waals surface area contributed by atoms with E-state index in [1.807, 2.05) is 0 Å². The average Bonchev–Trinajstić information content (AvgIpc) is 2.11. The fourth-order valence-corrected chi connectivity index (χ4v) is 1.48. The molecule has 0 saturated heterocycles. The van der Waals surface area contributed by atoms with Crippen LogP contribution >= 0.6 is 11.6 Å². The van der Waals surface area contributed by atoms with Crippen molar-refractivity contribution >= 4 is 23.1 Å². The molecule has 0 N–H and O–H groups in total. The first-order valence-electron chi connectivity index (χ1n) is 4.06. The summed E-state index contributed by atoms with van der Waals surface area (Å²) in [6, 6.07) is 0. The number of halogens is 11. The lowest BCUT2D eigenvalue weighted by molar-refractivity contribution is -0.431. The van der Waals surface area contributed by atoms with Crippen LogP contribution in [0, 0.1) is 5.41 Å². The first-order chi connectivity index (χ1) is 8.50. The average molecular weight is 343 g/mol. The second-order valence-corrected chi connectivity index (χ2v) is 3.68. The maximum atomic E-state index is 13.0. The van der Waals surface area contributed by atoms with Crippen LogP contribution < -0.4 is 0 Å². The van der Waals surface area contributed by atoms with Gasteiger partial charge in [0.1, 0.15) is 0 Å². The zero-order valence-electron chi connectivity index (χ0n) is 8.55. The monoisotopic (exact) mass is 342 g/mol. The summed E-state index contributed by atoms with van der Waals surface area (Å²) in [6.45, 7) is 0. The van der Waals surface area contributed by atoms with E-state index in [4.69, 9.17) is 0 Å². The van der Waals surface area contributed by atoms with Gasteiger partial charge in [-0.15, -0.1) is 0 Å². The highest BCUT2D eigenvalue weighted by atomic mass is 35.5. The molecule has 0 radical (unpaired) electrons. The summed E-state index contributed by atoms with van der Waals surface area (Å²) in [6.07, 6.45) is -17.1. The van der Waals surface area contributed by atoms with E-state index in [1.165, 1.54) is 0 Å². The molecule has 2 nitrogen and oxygen atoms in total. The van der Waals surface area contributed by atoms with Gasteiger partial charge in [0.05, 0.1) is 0 Å². The maximum Gasteiger partial charge on any atom is 0.416 e. The highest BCUT2D eigenvalue weighted by molar-refractivity contribution is 6.65. The van der Waals surface area contributed by atoms with Crippen LogP contribution in [0.3, 0.4) is 0 Å². The molecule has 0 spiro atoms. The summed E-state index contributed by atoms with van der Waals surface area (Å²) in [5.74, 6) is -13.5. The molecule has 0 heterocycles. The molecule has 0 unspecified atom stereocenters. The van der Waals surface area contributed by atoms with E-state index in [9.17, 15) is 53.5 Å². The van der Waals surface area contributed by atoms with Crippen molar-refractivity contribution in [3.05, 3.63) is 0 Å². The second kappa shape index (κ2) is 4.74. The van der Waals surface area contributed by atoms with E-state index in [2.05, 4.69) is 11.6 Å². The molecule has 0 aliphatic heterocycles. The third-order valence-electron chi connectivity index (χ3n) is 2.22. The van der Waals surface area contributed by atoms with Crippen molar-refractivity contribution in [3.63, 3.8) is 0 Å². The quantitative estimate of drug-likeness (QED) is 0.446. The maximum absolute atomic E-state index is 13.0. The number of carbonyl (C=O) groups is 2. The Morgan fingerprint density at radius 1 is 0.800 bits per heavy atom. The van der Waals surface area contributed by atoms with E-state index in [1.54, 1.807) is 0 Å². The molecule has 20 heavy (non-hydrogen) atoms. The lowest BCUT2D eigenvalue weighted by Crippen LogP contribution is -2.72. The Balaban J connectivity index is 6.92. The van der Waals surface area contributed by atoms with Crippen molar-refractivity contribution in [3.8, 4) is 0 Å². The van der Waals surface area contributed by atoms with Gasteiger partial charge >= 0.3 is 29.6 Å². The summed E-state index contributed by atoms with van der Waals surface area (Å²) in [5.41, 5.74) is -7.28. The highest BCUT2D eigenvalue weighted by Crippen LogP contribution is 2.65. The van der Waals surface area contributed by atoms with E-state index >= 15 is 0 Å². The van der Waals surface area contributed by atoms with Crippen LogP contribution in [0.4, 0.5) is 43.9 Å². The summed E-state index contributed by atoms with van der Waals surface area (Å²) < 4.78 is 126. The van der Waals surface area contributed by atoms with Gasteiger partial charge in [-0.1, -0.05) is 0 Å². The molecule has 0 aliphatic rings. The number of hydrogen-bond acceptors (Lipinski definition) is 2. The Labute approximate surface area is 107 Å². The van der Waals surface area contributed by atoms with Gasteiger partial charge in [0.15, 0.2) is 6.29 Å². The Morgan fingerprint density at radius 3 is 1.25 bits per heavy atom. The molecule has 0 aromatic carbocycles.